The van der Waals surface area contributed by atoms with Crippen molar-refractivity contribution < 1.29 is 19.4 Å². The van der Waals surface area contributed by atoms with Crippen molar-refractivity contribution in [1.82, 2.24) is 14.9 Å². The van der Waals surface area contributed by atoms with E-state index in [4.69, 9.17) is 9.47 Å². The lowest BCUT2D eigenvalue weighted by Crippen LogP contribution is -2.58. The van der Waals surface area contributed by atoms with Crippen LogP contribution in [0.3, 0.4) is 0 Å². The van der Waals surface area contributed by atoms with Crippen molar-refractivity contribution in [2.75, 3.05) is 13.2 Å². The normalized spacial score (nSPS) is 24.4. The Morgan fingerprint density at radius 3 is 2.48 bits per heavy atom. The highest BCUT2D eigenvalue weighted by atomic mass is 16.5. The van der Waals surface area contributed by atoms with Gasteiger partial charge in [-0.05, 0) is 33.6 Å². The molecule has 138 valence electrons. The van der Waals surface area contributed by atoms with Crippen LogP contribution in [0.25, 0.3) is 0 Å². The SMILES string of the molecule is CC(C)(C)N(C(=O)O)C1CC(Oc2nccnc2C2CCOCC2)C1. The van der Waals surface area contributed by atoms with Gasteiger partial charge in [-0.15, -0.1) is 0 Å². The molecule has 0 atom stereocenters. The number of rotatable bonds is 4. The number of amides is 1. The molecule has 7 heteroatoms. The summed E-state index contributed by atoms with van der Waals surface area (Å²) in [5.74, 6) is 0.911. The lowest BCUT2D eigenvalue weighted by molar-refractivity contribution is -0.0158. The minimum Gasteiger partial charge on any atom is -0.473 e. The summed E-state index contributed by atoms with van der Waals surface area (Å²) in [7, 11) is 0. The smallest absolute Gasteiger partial charge is 0.407 e. The molecular weight excluding hydrogens is 322 g/mol. The van der Waals surface area contributed by atoms with E-state index in [0.29, 0.717) is 24.6 Å². The average Bonchev–Trinajstić information content (AvgIpc) is 2.52. The molecule has 1 saturated heterocycles. The lowest BCUT2D eigenvalue weighted by Gasteiger charge is -2.47. The number of ether oxygens (including phenoxy) is 2. The average molecular weight is 349 g/mol. The van der Waals surface area contributed by atoms with Crippen molar-refractivity contribution in [3.8, 4) is 5.88 Å². The van der Waals surface area contributed by atoms with Crippen molar-refractivity contribution in [3.63, 3.8) is 0 Å². The highest BCUT2D eigenvalue weighted by molar-refractivity contribution is 5.66. The van der Waals surface area contributed by atoms with Gasteiger partial charge in [-0.1, -0.05) is 0 Å². The molecule has 2 heterocycles. The van der Waals surface area contributed by atoms with Crippen LogP contribution in [0.15, 0.2) is 12.4 Å². The number of aromatic nitrogens is 2. The van der Waals surface area contributed by atoms with E-state index in [2.05, 4.69) is 9.97 Å². The molecule has 0 radical (unpaired) electrons. The zero-order valence-corrected chi connectivity index (χ0v) is 15.1. The van der Waals surface area contributed by atoms with Crippen LogP contribution in [0.4, 0.5) is 4.79 Å². The van der Waals surface area contributed by atoms with Gasteiger partial charge in [0.2, 0.25) is 5.88 Å². The van der Waals surface area contributed by atoms with Gasteiger partial charge < -0.3 is 19.5 Å². The molecule has 2 fully saturated rings. The molecule has 1 N–H and O–H groups in total. The van der Waals surface area contributed by atoms with Gasteiger partial charge in [0, 0.05) is 55.9 Å². The summed E-state index contributed by atoms with van der Waals surface area (Å²) in [4.78, 5) is 21.9. The van der Waals surface area contributed by atoms with Gasteiger partial charge in [0.05, 0.1) is 0 Å². The monoisotopic (exact) mass is 349 g/mol. The second-order valence-corrected chi connectivity index (χ2v) is 7.82. The van der Waals surface area contributed by atoms with Crippen LogP contribution in [0.2, 0.25) is 0 Å². The molecule has 0 unspecified atom stereocenters. The van der Waals surface area contributed by atoms with Crippen molar-refractivity contribution in [1.29, 1.82) is 0 Å². The molecule has 0 spiro atoms. The van der Waals surface area contributed by atoms with Crippen LogP contribution in [-0.4, -0.2) is 57.0 Å². The minimum atomic E-state index is -0.877. The van der Waals surface area contributed by atoms with Crippen molar-refractivity contribution in [2.45, 2.75) is 70.1 Å². The third kappa shape index (κ3) is 4.03. The number of hydrogen-bond acceptors (Lipinski definition) is 5. The standard InChI is InChI=1S/C18H27N3O4/c1-18(2,3)21(17(22)23)13-10-14(11-13)25-16-15(19-6-7-20-16)12-4-8-24-9-5-12/h6-7,12-14H,4-5,8-11H2,1-3H3,(H,22,23). The Morgan fingerprint density at radius 2 is 1.88 bits per heavy atom. The second kappa shape index (κ2) is 7.15. The molecule has 1 aromatic rings. The van der Waals surface area contributed by atoms with E-state index < -0.39 is 11.6 Å². The maximum Gasteiger partial charge on any atom is 0.407 e. The minimum absolute atomic E-state index is 0.00861. The third-order valence-corrected chi connectivity index (χ3v) is 4.94. The van der Waals surface area contributed by atoms with Gasteiger partial charge >= 0.3 is 6.09 Å². The van der Waals surface area contributed by atoms with Crippen LogP contribution >= 0.6 is 0 Å². The molecule has 1 aromatic heterocycles. The van der Waals surface area contributed by atoms with Gasteiger partial charge in [0.25, 0.3) is 0 Å². The lowest BCUT2D eigenvalue weighted by atomic mass is 9.85. The quantitative estimate of drug-likeness (QED) is 0.899. The largest absolute Gasteiger partial charge is 0.473 e. The Hall–Kier alpha value is -1.89. The summed E-state index contributed by atoms with van der Waals surface area (Å²) in [5.41, 5.74) is 0.488. The molecule has 1 aliphatic carbocycles. The molecule has 7 nitrogen and oxygen atoms in total. The Balaban J connectivity index is 1.63. The van der Waals surface area contributed by atoms with Gasteiger partial charge in [0.1, 0.15) is 11.8 Å². The summed E-state index contributed by atoms with van der Waals surface area (Å²) < 4.78 is 11.5. The van der Waals surface area contributed by atoms with E-state index in [1.165, 1.54) is 4.90 Å². The first-order valence-corrected chi connectivity index (χ1v) is 8.94. The Morgan fingerprint density at radius 1 is 1.24 bits per heavy atom. The zero-order valence-electron chi connectivity index (χ0n) is 15.1. The highest BCUT2D eigenvalue weighted by Crippen LogP contribution is 2.36. The molecule has 1 amide bonds. The Labute approximate surface area is 148 Å². The Bertz CT molecular complexity index is 605. The number of nitrogens with zero attached hydrogens (tertiary/aromatic N) is 3. The first kappa shape index (κ1) is 17.9. The van der Waals surface area contributed by atoms with Gasteiger partial charge in [-0.2, -0.15) is 0 Å². The van der Waals surface area contributed by atoms with Gasteiger partial charge in [-0.25, -0.2) is 9.78 Å². The van der Waals surface area contributed by atoms with Crippen LogP contribution in [0.5, 0.6) is 5.88 Å². The maximum atomic E-state index is 11.6. The number of hydrogen-bond donors (Lipinski definition) is 1. The summed E-state index contributed by atoms with van der Waals surface area (Å²) in [6, 6.07) is -0.00861. The molecule has 1 saturated carbocycles. The van der Waals surface area contributed by atoms with Crippen LogP contribution in [0, 0.1) is 0 Å². The first-order valence-electron chi connectivity index (χ1n) is 8.94. The fourth-order valence-corrected chi connectivity index (χ4v) is 3.67. The molecule has 25 heavy (non-hydrogen) atoms. The van der Waals surface area contributed by atoms with E-state index in [1.54, 1.807) is 12.4 Å². The van der Waals surface area contributed by atoms with Crippen LogP contribution in [-0.2, 0) is 4.74 Å². The van der Waals surface area contributed by atoms with Gasteiger partial charge in [-0.3, -0.25) is 4.98 Å². The van der Waals surface area contributed by atoms with E-state index in [1.807, 2.05) is 20.8 Å². The summed E-state index contributed by atoms with van der Waals surface area (Å²) in [5, 5.41) is 9.49. The maximum absolute atomic E-state index is 11.6. The van der Waals surface area contributed by atoms with E-state index in [9.17, 15) is 9.90 Å². The number of carboxylic acid groups (broad SMARTS) is 1. The predicted octanol–water partition coefficient (Wildman–Crippen LogP) is 3.06. The van der Waals surface area contributed by atoms with Crippen LogP contribution < -0.4 is 4.74 Å². The van der Waals surface area contributed by atoms with Gasteiger partial charge in [0.15, 0.2) is 0 Å². The summed E-state index contributed by atoms with van der Waals surface area (Å²) in [6.07, 6.45) is 5.70. The molecule has 0 bridgehead atoms. The van der Waals surface area contributed by atoms with E-state index in [-0.39, 0.29) is 12.1 Å². The first-order chi connectivity index (χ1) is 11.9. The van der Waals surface area contributed by atoms with E-state index in [0.717, 1.165) is 31.7 Å². The summed E-state index contributed by atoms with van der Waals surface area (Å²) >= 11 is 0. The molecule has 2 aliphatic rings. The fraction of sp³-hybridized carbons (Fsp3) is 0.722. The van der Waals surface area contributed by atoms with E-state index >= 15 is 0 Å². The zero-order chi connectivity index (χ0) is 18.0. The van der Waals surface area contributed by atoms with Crippen molar-refractivity contribution in [3.05, 3.63) is 18.1 Å². The molecule has 0 aromatic carbocycles. The van der Waals surface area contributed by atoms with Crippen LogP contribution in [0.1, 0.15) is 58.1 Å². The van der Waals surface area contributed by atoms with Crippen molar-refractivity contribution >= 4 is 6.09 Å². The highest BCUT2D eigenvalue weighted by Gasteiger charge is 2.42. The fourth-order valence-electron chi connectivity index (χ4n) is 3.67. The second-order valence-electron chi connectivity index (χ2n) is 7.82. The molecule has 1 aliphatic heterocycles. The van der Waals surface area contributed by atoms with Crippen molar-refractivity contribution in [2.24, 2.45) is 0 Å². The molecular formula is C18H27N3O4. The predicted molar refractivity (Wildman–Crippen MR) is 91.9 cm³/mol. The third-order valence-electron chi connectivity index (χ3n) is 4.94. The Kier molecular flexibility index (Phi) is 5.13. The topological polar surface area (TPSA) is 84.8 Å². The summed E-state index contributed by atoms with van der Waals surface area (Å²) in [6.45, 7) is 7.24. The number of carbonyl (C=O) groups is 1. The molecule has 3 rings (SSSR count).